The van der Waals surface area contributed by atoms with Gasteiger partial charge < -0.3 is 4.98 Å². The summed E-state index contributed by atoms with van der Waals surface area (Å²) in [5, 5.41) is 4.33. The van der Waals surface area contributed by atoms with Crippen LogP contribution in [0.2, 0.25) is 5.02 Å². The maximum Gasteiger partial charge on any atom is 0.287 e. The highest BCUT2D eigenvalue weighted by molar-refractivity contribution is 6.30. The summed E-state index contributed by atoms with van der Waals surface area (Å²) in [5.74, 6) is -0.330. The second-order valence-corrected chi connectivity index (χ2v) is 3.78. The molecule has 0 radical (unpaired) electrons. The van der Waals surface area contributed by atoms with Crippen LogP contribution in [0.1, 0.15) is 16.1 Å². The van der Waals surface area contributed by atoms with Gasteiger partial charge in [-0.1, -0.05) is 41.9 Å². The van der Waals surface area contributed by atoms with E-state index in [2.05, 4.69) is 15.5 Å². The Morgan fingerprint density at radius 2 is 2.12 bits per heavy atom. The molecule has 1 amide bonds. The van der Waals surface area contributed by atoms with Crippen LogP contribution < -0.4 is 5.43 Å². The number of hydrazone groups is 1. The van der Waals surface area contributed by atoms with Crippen LogP contribution in [0.25, 0.3) is 0 Å². The normalized spacial score (nSPS) is 10.6. The van der Waals surface area contributed by atoms with Crippen LogP contribution in [0.4, 0.5) is 0 Å². The molecule has 0 aliphatic carbocycles. The van der Waals surface area contributed by atoms with E-state index in [0.29, 0.717) is 10.7 Å². The van der Waals surface area contributed by atoms with Gasteiger partial charge in [-0.15, -0.1) is 0 Å². The van der Waals surface area contributed by atoms with Crippen LogP contribution in [0.5, 0.6) is 0 Å². The average molecular weight is 248 g/mol. The first kappa shape index (κ1) is 11.4. The lowest BCUT2D eigenvalue weighted by Gasteiger charge is -1.95. The Hall–Kier alpha value is -2.07. The fourth-order valence-electron chi connectivity index (χ4n) is 1.26. The highest BCUT2D eigenvalue weighted by atomic mass is 35.5. The summed E-state index contributed by atoms with van der Waals surface area (Å²) in [6.45, 7) is 0. The molecule has 0 spiro atoms. The number of hydrogen-bond donors (Lipinski definition) is 2. The molecule has 2 N–H and O–H groups in total. The van der Waals surface area contributed by atoms with Crippen LogP contribution in [0.15, 0.2) is 47.7 Å². The molecule has 86 valence electrons. The first-order valence-corrected chi connectivity index (χ1v) is 5.36. The smallest absolute Gasteiger partial charge is 0.287 e. The van der Waals surface area contributed by atoms with Gasteiger partial charge in [0, 0.05) is 6.20 Å². The number of hydrogen-bond acceptors (Lipinski definition) is 2. The highest BCUT2D eigenvalue weighted by Gasteiger charge is 2.05. The van der Waals surface area contributed by atoms with E-state index in [1.54, 1.807) is 6.21 Å². The van der Waals surface area contributed by atoms with E-state index >= 15 is 0 Å². The number of nitrogens with zero attached hydrogens (tertiary/aromatic N) is 1. The lowest BCUT2D eigenvalue weighted by atomic mass is 10.2. The molecule has 2 aromatic rings. The Morgan fingerprint density at radius 3 is 2.76 bits per heavy atom. The zero-order valence-corrected chi connectivity index (χ0v) is 9.61. The van der Waals surface area contributed by atoms with Crippen molar-refractivity contribution in [2.45, 2.75) is 0 Å². The number of aromatic amines is 1. The van der Waals surface area contributed by atoms with Crippen molar-refractivity contribution in [3.8, 4) is 0 Å². The van der Waals surface area contributed by atoms with Crippen molar-refractivity contribution in [2.75, 3.05) is 0 Å². The van der Waals surface area contributed by atoms with Crippen LogP contribution >= 0.6 is 11.6 Å². The van der Waals surface area contributed by atoms with E-state index in [1.165, 1.54) is 12.3 Å². The third kappa shape index (κ3) is 3.19. The molecular weight excluding hydrogens is 238 g/mol. The zero-order chi connectivity index (χ0) is 12.1. The Bertz CT molecular complexity index is 534. The van der Waals surface area contributed by atoms with E-state index in [4.69, 9.17) is 11.6 Å². The fourth-order valence-corrected chi connectivity index (χ4v) is 1.43. The Morgan fingerprint density at radius 1 is 1.35 bits per heavy atom. The fraction of sp³-hybridized carbons (Fsp3) is 0. The van der Waals surface area contributed by atoms with Crippen LogP contribution in [0.3, 0.4) is 0 Å². The first-order valence-electron chi connectivity index (χ1n) is 4.98. The molecule has 1 heterocycles. The van der Waals surface area contributed by atoms with Crippen LogP contribution in [-0.2, 0) is 0 Å². The molecule has 0 saturated heterocycles. The van der Waals surface area contributed by atoms with Gasteiger partial charge in [0.25, 0.3) is 5.91 Å². The van der Waals surface area contributed by atoms with Crippen molar-refractivity contribution < 1.29 is 4.79 Å². The number of nitrogens with one attached hydrogen (secondary N) is 2. The summed E-state index contributed by atoms with van der Waals surface area (Å²) in [7, 11) is 0. The van der Waals surface area contributed by atoms with Gasteiger partial charge in [0.15, 0.2) is 0 Å². The number of carbonyl (C=O) groups is 1. The second-order valence-electron chi connectivity index (χ2n) is 3.34. The third-order valence-corrected chi connectivity index (χ3v) is 2.29. The highest BCUT2D eigenvalue weighted by Crippen LogP contribution is 2.08. The molecule has 1 aromatic carbocycles. The number of benzene rings is 1. The van der Waals surface area contributed by atoms with Crippen LogP contribution in [-0.4, -0.2) is 17.1 Å². The number of aromatic nitrogens is 1. The summed E-state index contributed by atoms with van der Waals surface area (Å²) < 4.78 is 0. The molecule has 0 atom stereocenters. The molecule has 17 heavy (non-hydrogen) atoms. The van der Waals surface area contributed by atoms with Gasteiger partial charge in [0.1, 0.15) is 5.69 Å². The zero-order valence-electron chi connectivity index (χ0n) is 8.85. The predicted octanol–water partition coefficient (Wildman–Crippen LogP) is 2.43. The lowest BCUT2D eigenvalue weighted by molar-refractivity contribution is 0.0951. The maximum atomic E-state index is 11.5. The molecular formula is C12H10ClN3O. The Balaban J connectivity index is 1.95. The van der Waals surface area contributed by atoms with Crippen molar-refractivity contribution in [2.24, 2.45) is 5.10 Å². The molecule has 0 fully saturated rings. The summed E-state index contributed by atoms with van der Waals surface area (Å²) in [5.41, 5.74) is 3.69. The molecule has 2 rings (SSSR count). The molecule has 0 unspecified atom stereocenters. The quantitative estimate of drug-likeness (QED) is 0.635. The molecule has 1 aromatic heterocycles. The van der Waals surface area contributed by atoms with Crippen molar-refractivity contribution in [1.29, 1.82) is 0 Å². The van der Waals surface area contributed by atoms with Gasteiger partial charge in [-0.25, -0.2) is 5.43 Å². The lowest BCUT2D eigenvalue weighted by Crippen LogP contribution is -2.17. The monoisotopic (exact) mass is 247 g/mol. The molecule has 0 saturated carbocycles. The first-order chi connectivity index (χ1) is 8.25. The number of H-pyrrole nitrogens is 1. The van der Waals surface area contributed by atoms with E-state index in [9.17, 15) is 4.79 Å². The summed E-state index contributed by atoms with van der Waals surface area (Å²) in [6.07, 6.45) is 3.11. The third-order valence-electron chi connectivity index (χ3n) is 2.07. The van der Waals surface area contributed by atoms with Crippen molar-refractivity contribution in [1.82, 2.24) is 10.4 Å². The van der Waals surface area contributed by atoms with Gasteiger partial charge in [-0.3, -0.25) is 4.79 Å². The van der Waals surface area contributed by atoms with Gasteiger partial charge in [-0.05, 0) is 11.6 Å². The second kappa shape index (κ2) is 5.32. The topological polar surface area (TPSA) is 57.2 Å². The van der Waals surface area contributed by atoms with E-state index in [1.807, 2.05) is 30.3 Å². The molecule has 4 nitrogen and oxygen atoms in total. The molecule has 0 bridgehead atoms. The van der Waals surface area contributed by atoms with Gasteiger partial charge >= 0.3 is 0 Å². The minimum absolute atomic E-state index is 0.330. The standard InChI is InChI=1S/C12H10ClN3O/c13-10-6-11(14-8-10)12(17)16-15-7-9-4-2-1-3-5-9/h1-8,14H,(H,16,17)/b15-7+. The van der Waals surface area contributed by atoms with Gasteiger partial charge in [-0.2, -0.15) is 5.10 Å². The minimum atomic E-state index is -0.330. The van der Waals surface area contributed by atoms with Gasteiger partial charge in [0.05, 0.1) is 11.2 Å². The Kier molecular flexibility index (Phi) is 3.57. The summed E-state index contributed by atoms with van der Waals surface area (Å²) in [4.78, 5) is 14.3. The molecule has 0 aliphatic heterocycles. The van der Waals surface area contributed by atoms with Crippen LogP contribution in [0, 0.1) is 0 Å². The molecule has 5 heteroatoms. The van der Waals surface area contributed by atoms with E-state index in [0.717, 1.165) is 5.56 Å². The number of amides is 1. The van der Waals surface area contributed by atoms with E-state index in [-0.39, 0.29) is 5.91 Å². The van der Waals surface area contributed by atoms with Crippen molar-refractivity contribution in [3.63, 3.8) is 0 Å². The van der Waals surface area contributed by atoms with Gasteiger partial charge in [0.2, 0.25) is 0 Å². The number of halogens is 1. The largest absolute Gasteiger partial charge is 0.356 e. The average Bonchev–Trinajstić information content (AvgIpc) is 2.77. The summed E-state index contributed by atoms with van der Waals surface area (Å²) in [6, 6.07) is 11.0. The number of carbonyl (C=O) groups excluding carboxylic acids is 1. The molecule has 0 aliphatic rings. The Labute approximate surface area is 103 Å². The minimum Gasteiger partial charge on any atom is -0.356 e. The van der Waals surface area contributed by atoms with Crippen molar-refractivity contribution in [3.05, 3.63) is 58.9 Å². The predicted molar refractivity (Wildman–Crippen MR) is 67.3 cm³/mol. The van der Waals surface area contributed by atoms with E-state index < -0.39 is 0 Å². The SMILES string of the molecule is O=C(N/N=C/c1ccccc1)c1cc(Cl)c[nH]1. The number of rotatable bonds is 3. The maximum absolute atomic E-state index is 11.5. The van der Waals surface area contributed by atoms with Crippen molar-refractivity contribution >= 4 is 23.7 Å². The summed E-state index contributed by atoms with van der Waals surface area (Å²) >= 11 is 5.68.